The molecule has 0 aliphatic heterocycles. The second-order valence-electron chi connectivity index (χ2n) is 5.46. The van der Waals surface area contributed by atoms with Gasteiger partial charge in [0.05, 0.1) is 29.9 Å². The molecule has 8 heteroatoms. The average molecular weight is 374 g/mol. The zero-order valence-electron chi connectivity index (χ0n) is 14.6. The summed E-state index contributed by atoms with van der Waals surface area (Å²) in [7, 11) is 2.18. The van der Waals surface area contributed by atoms with E-state index < -0.39 is 40.7 Å². The van der Waals surface area contributed by atoms with E-state index in [4.69, 9.17) is 10.00 Å². The number of hydrogen-bond donors (Lipinski definition) is 1. The summed E-state index contributed by atoms with van der Waals surface area (Å²) in [6, 6.07) is 10.2. The van der Waals surface area contributed by atoms with Crippen LogP contribution in [0.4, 0.5) is 8.78 Å². The Morgan fingerprint density at radius 3 is 2.37 bits per heavy atom. The summed E-state index contributed by atoms with van der Waals surface area (Å²) in [6.45, 7) is 0.0599. The highest BCUT2D eigenvalue weighted by Crippen LogP contribution is 2.26. The zero-order valence-corrected chi connectivity index (χ0v) is 14.6. The van der Waals surface area contributed by atoms with Gasteiger partial charge in [-0.1, -0.05) is 12.1 Å². The monoisotopic (exact) mass is 374 g/mol. The maximum atomic E-state index is 14.6. The Bertz CT molecular complexity index is 892. The second kappa shape index (κ2) is 8.87. The van der Waals surface area contributed by atoms with Gasteiger partial charge in [0.2, 0.25) is 0 Å². The fourth-order valence-electron chi connectivity index (χ4n) is 2.41. The van der Waals surface area contributed by atoms with Crippen molar-refractivity contribution in [3.8, 4) is 6.07 Å². The van der Waals surface area contributed by atoms with Gasteiger partial charge in [-0.15, -0.1) is 0 Å². The number of methoxy groups -OCH3 is 2. The lowest BCUT2D eigenvalue weighted by Crippen LogP contribution is -2.31. The van der Waals surface area contributed by atoms with Crippen molar-refractivity contribution in [1.82, 2.24) is 5.32 Å². The highest BCUT2D eigenvalue weighted by molar-refractivity contribution is 5.91. The van der Waals surface area contributed by atoms with Gasteiger partial charge >= 0.3 is 5.97 Å². The Morgan fingerprint density at radius 2 is 1.81 bits per heavy atom. The number of benzene rings is 2. The predicted molar refractivity (Wildman–Crippen MR) is 90.5 cm³/mol. The number of hydrogen-bond acceptors (Lipinski definition) is 5. The van der Waals surface area contributed by atoms with Crippen LogP contribution in [-0.4, -0.2) is 26.1 Å². The van der Waals surface area contributed by atoms with E-state index in [0.29, 0.717) is 11.1 Å². The summed E-state index contributed by atoms with van der Waals surface area (Å²) in [5.74, 6) is -4.04. The maximum absolute atomic E-state index is 14.6. The topological polar surface area (TPSA) is 88.4 Å². The van der Waals surface area contributed by atoms with E-state index in [2.05, 4.69) is 10.1 Å². The molecule has 0 fully saturated rings. The molecule has 2 aromatic rings. The molecule has 2 aromatic carbocycles. The van der Waals surface area contributed by atoms with Crippen molar-refractivity contribution in [3.63, 3.8) is 0 Å². The number of amides is 1. The van der Waals surface area contributed by atoms with Crippen LogP contribution >= 0.6 is 0 Å². The number of ether oxygens (including phenoxy) is 2. The summed E-state index contributed by atoms with van der Waals surface area (Å²) < 4.78 is 38.2. The van der Waals surface area contributed by atoms with Crippen molar-refractivity contribution in [2.75, 3.05) is 14.2 Å². The minimum absolute atomic E-state index is 0.0599. The van der Waals surface area contributed by atoms with Gasteiger partial charge in [0.25, 0.3) is 5.91 Å². The van der Waals surface area contributed by atoms with Crippen molar-refractivity contribution in [3.05, 3.63) is 70.3 Å². The second-order valence-corrected chi connectivity index (χ2v) is 5.46. The van der Waals surface area contributed by atoms with Crippen LogP contribution in [0.2, 0.25) is 0 Å². The van der Waals surface area contributed by atoms with Crippen molar-refractivity contribution in [2.45, 2.75) is 12.6 Å². The molecule has 2 rings (SSSR count). The summed E-state index contributed by atoms with van der Waals surface area (Å²) in [5.41, 5.74) is -0.0429. The zero-order chi connectivity index (χ0) is 20.0. The maximum Gasteiger partial charge on any atom is 0.340 e. The van der Waals surface area contributed by atoms with Crippen molar-refractivity contribution in [1.29, 1.82) is 5.26 Å². The normalized spacial score (nSPS) is 11.4. The SMILES string of the molecule is COC(=O)c1ccc(F)c(C(OC)C(=O)NCc2ccc(C#N)cc2)c1F. The van der Waals surface area contributed by atoms with Gasteiger partial charge < -0.3 is 14.8 Å². The van der Waals surface area contributed by atoms with Gasteiger partial charge in [-0.2, -0.15) is 5.26 Å². The molecule has 1 unspecified atom stereocenters. The quantitative estimate of drug-likeness (QED) is 0.786. The average Bonchev–Trinajstić information content (AvgIpc) is 2.69. The van der Waals surface area contributed by atoms with Gasteiger partial charge in [-0.3, -0.25) is 4.79 Å². The molecule has 1 amide bonds. The third kappa shape index (κ3) is 4.46. The first kappa shape index (κ1) is 20.0. The van der Waals surface area contributed by atoms with Gasteiger partial charge in [0, 0.05) is 13.7 Å². The van der Waals surface area contributed by atoms with Gasteiger partial charge in [-0.05, 0) is 29.8 Å². The fourth-order valence-corrected chi connectivity index (χ4v) is 2.41. The van der Waals surface area contributed by atoms with Crippen molar-refractivity contribution < 1.29 is 27.8 Å². The molecule has 1 atom stereocenters. The van der Waals surface area contributed by atoms with Crippen LogP contribution in [0.25, 0.3) is 0 Å². The first-order valence-electron chi connectivity index (χ1n) is 7.78. The number of rotatable bonds is 6. The molecule has 0 spiro atoms. The van der Waals surface area contributed by atoms with E-state index in [1.807, 2.05) is 6.07 Å². The molecule has 27 heavy (non-hydrogen) atoms. The van der Waals surface area contributed by atoms with Crippen LogP contribution < -0.4 is 5.32 Å². The van der Waals surface area contributed by atoms with E-state index in [1.165, 1.54) is 0 Å². The Kier molecular flexibility index (Phi) is 6.57. The predicted octanol–water partition coefficient (Wildman–Crippen LogP) is 2.63. The highest BCUT2D eigenvalue weighted by Gasteiger charge is 2.30. The van der Waals surface area contributed by atoms with Crippen LogP contribution in [0.5, 0.6) is 0 Å². The molecule has 0 heterocycles. The molecular weight excluding hydrogens is 358 g/mol. The molecule has 0 aliphatic rings. The number of nitrogens with one attached hydrogen (secondary N) is 1. The smallest absolute Gasteiger partial charge is 0.340 e. The summed E-state index contributed by atoms with van der Waals surface area (Å²) in [4.78, 5) is 24.0. The van der Waals surface area contributed by atoms with E-state index in [-0.39, 0.29) is 6.54 Å². The Morgan fingerprint density at radius 1 is 1.15 bits per heavy atom. The third-order valence-corrected chi connectivity index (χ3v) is 3.82. The molecule has 0 saturated heterocycles. The Hall–Kier alpha value is -3.31. The van der Waals surface area contributed by atoms with Crippen LogP contribution in [0, 0.1) is 23.0 Å². The minimum atomic E-state index is -1.60. The molecule has 0 radical (unpaired) electrons. The van der Waals surface area contributed by atoms with E-state index >= 15 is 0 Å². The molecule has 0 bridgehead atoms. The first-order valence-corrected chi connectivity index (χ1v) is 7.78. The molecule has 1 N–H and O–H groups in total. The van der Waals surface area contributed by atoms with Crippen LogP contribution in [0.1, 0.15) is 33.2 Å². The number of carbonyl (C=O) groups is 2. The Labute approximate surface area is 154 Å². The third-order valence-electron chi connectivity index (χ3n) is 3.82. The fraction of sp³-hybridized carbons (Fsp3) is 0.211. The molecule has 0 aliphatic carbocycles. The first-order chi connectivity index (χ1) is 12.9. The lowest BCUT2D eigenvalue weighted by atomic mass is 10.0. The van der Waals surface area contributed by atoms with Crippen LogP contribution in [0.15, 0.2) is 36.4 Å². The highest BCUT2D eigenvalue weighted by atomic mass is 19.1. The van der Waals surface area contributed by atoms with Gasteiger partial charge in [0.15, 0.2) is 6.10 Å². The number of nitriles is 1. The molecular formula is C19H16F2N2O4. The van der Waals surface area contributed by atoms with Crippen molar-refractivity contribution in [2.24, 2.45) is 0 Å². The van der Waals surface area contributed by atoms with Crippen LogP contribution in [0.3, 0.4) is 0 Å². The minimum Gasteiger partial charge on any atom is -0.465 e. The molecule has 6 nitrogen and oxygen atoms in total. The number of esters is 1. The van der Waals surface area contributed by atoms with E-state index in [0.717, 1.165) is 26.4 Å². The largest absolute Gasteiger partial charge is 0.465 e. The Balaban J connectivity index is 2.23. The summed E-state index contributed by atoms with van der Waals surface area (Å²) >= 11 is 0. The lowest BCUT2D eigenvalue weighted by Gasteiger charge is -2.18. The number of halogens is 2. The van der Waals surface area contributed by atoms with Crippen LogP contribution in [-0.2, 0) is 20.8 Å². The summed E-state index contributed by atoms with van der Waals surface area (Å²) in [6.07, 6.45) is -1.60. The lowest BCUT2D eigenvalue weighted by molar-refractivity contribution is -0.131. The molecule has 140 valence electrons. The molecule has 0 aromatic heterocycles. The summed E-state index contributed by atoms with van der Waals surface area (Å²) in [5, 5.41) is 11.3. The number of nitrogens with zero attached hydrogens (tertiary/aromatic N) is 1. The van der Waals surface area contributed by atoms with Gasteiger partial charge in [0.1, 0.15) is 11.6 Å². The van der Waals surface area contributed by atoms with E-state index in [1.54, 1.807) is 24.3 Å². The standard InChI is InChI=1S/C19H16F2N2O4/c1-26-17(15-14(20)8-7-13(16(15)21)19(25)27-2)18(24)23-10-12-5-3-11(9-22)4-6-12/h3-8,17H,10H2,1-2H3,(H,23,24). The molecule has 0 saturated carbocycles. The van der Waals surface area contributed by atoms with Crippen molar-refractivity contribution >= 4 is 11.9 Å². The number of carbonyl (C=O) groups excluding carboxylic acids is 2. The van der Waals surface area contributed by atoms with Gasteiger partial charge in [-0.25, -0.2) is 13.6 Å². The van der Waals surface area contributed by atoms with E-state index in [9.17, 15) is 18.4 Å².